The number of thiophene rings is 1. The molecular weight excluding hydrogens is 358 g/mol. The predicted molar refractivity (Wildman–Crippen MR) is 89.7 cm³/mol. The Hall–Kier alpha value is -0.360. The average molecular weight is 377 g/mol. The lowest BCUT2D eigenvalue weighted by molar-refractivity contribution is 0.588. The topological polar surface area (TPSA) is 43.8 Å². The maximum Gasteiger partial charge on any atom is 0.0850 e. The van der Waals surface area contributed by atoms with Crippen LogP contribution in [-0.4, -0.2) is 9.78 Å². The van der Waals surface area contributed by atoms with Gasteiger partial charge >= 0.3 is 0 Å². The summed E-state index contributed by atoms with van der Waals surface area (Å²) in [4.78, 5) is 1.17. The monoisotopic (exact) mass is 375 g/mol. The molecular formula is C14H19BrClN3S. The normalized spacial score (nSPS) is 12.9. The molecule has 0 bridgehead atoms. The van der Waals surface area contributed by atoms with Crippen molar-refractivity contribution in [1.29, 1.82) is 0 Å². The Kier molecular flexibility index (Phi) is 5.29. The first-order valence-electron chi connectivity index (χ1n) is 6.73. The van der Waals surface area contributed by atoms with Gasteiger partial charge in [0.25, 0.3) is 0 Å². The van der Waals surface area contributed by atoms with Gasteiger partial charge in [0.2, 0.25) is 0 Å². The van der Waals surface area contributed by atoms with Crippen molar-refractivity contribution < 1.29 is 0 Å². The van der Waals surface area contributed by atoms with Crippen LogP contribution in [-0.2, 0) is 19.4 Å². The largest absolute Gasteiger partial charge is 0.323 e. The second kappa shape index (κ2) is 6.60. The molecule has 0 aliphatic carbocycles. The second-order valence-corrected chi connectivity index (χ2v) is 7.57. The molecule has 0 aliphatic rings. The third-order valence-electron chi connectivity index (χ3n) is 3.35. The lowest BCUT2D eigenvalue weighted by Gasteiger charge is -2.11. The minimum absolute atomic E-state index is 0.0470. The summed E-state index contributed by atoms with van der Waals surface area (Å²) in [7, 11) is 0. The first-order chi connectivity index (χ1) is 9.47. The van der Waals surface area contributed by atoms with E-state index in [1.807, 2.05) is 4.68 Å². The molecule has 2 heterocycles. The molecule has 2 rings (SSSR count). The average Bonchev–Trinajstić information content (AvgIpc) is 2.92. The van der Waals surface area contributed by atoms with Crippen molar-refractivity contribution in [2.75, 3.05) is 0 Å². The lowest BCUT2D eigenvalue weighted by Crippen LogP contribution is -2.15. The van der Waals surface area contributed by atoms with Crippen LogP contribution in [0.1, 0.15) is 41.7 Å². The predicted octanol–water partition coefficient (Wildman–Crippen LogP) is 4.49. The SMILES string of the molecule is CCc1nn(CC)c(CC(N)c2cc(C)c(Br)s2)c1Cl. The van der Waals surface area contributed by atoms with Crippen molar-refractivity contribution in [3.8, 4) is 0 Å². The zero-order valence-electron chi connectivity index (χ0n) is 11.9. The van der Waals surface area contributed by atoms with E-state index in [4.69, 9.17) is 17.3 Å². The van der Waals surface area contributed by atoms with E-state index in [-0.39, 0.29) is 6.04 Å². The second-order valence-electron chi connectivity index (χ2n) is 4.79. The molecule has 0 fully saturated rings. The van der Waals surface area contributed by atoms with Gasteiger partial charge in [0.05, 0.1) is 20.2 Å². The molecule has 0 aromatic carbocycles. The van der Waals surface area contributed by atoms with Crippen LogP contribution in [0.3, 0.4) is 0 Å². The highest BCUT2D eigenvalue weighted by molar-refractivity contribution is 9.11. The summed E-state index contributed by atoms with van der Waals surface area (Å²) in [6, 6.07) is 2.09. The molecule has 0 saturated heterocycles. The van der Waals surface area contributed by atoms with Gasteiger partial charge < -0.3 is 5.73 Å². The van der Waals surface area contributed by atoms with E-state index in [1.54, 1.807) is 11.3 Å². The molecule has 0 amide bonds. The minimum Gasteiger partial charge on any atom is -0.323 e. The molecule has 1 unspecified atom stereocenters. The van der Waals surface area contributed by atoms with Crippen LogP contribution in [0.25, 0.3) is 0 Å². The number of halogens is 2. The van der Waals surface area contributed by atoms with Crippen molar-refractivity contribution in [1.82, 2.24) is 9.78 Å². The quantitative estimate of drug-likeness (QED) is 0.835. The fourth-order valence-corrected chi connectivity index (χ4v) is 4.11. The lowest BCUT2D eigenvalue weighted by atomic mass is 10.1. The smallest absolute Gasteiger partial charge is 0.0850 e. The summed E-state index contributed by atoms with van der Waals surface area (Å²) in [5, 5.41) is 5.31. The van der Waals surface area contributed by atoms with E-state index in [2.05, 4.69) is 47.9 Å². The Labute approximate surface area is 137 Å². The molecule has 1 atom stereocenters. The number of rotatable bonds is 5. The Bertz CT molecular complexity index is 586. The molecule has 0 aliphatic heterocycles. The fraction of sp³-hybridized carbons (Fsp3) is 0.500. The van der Waals surface area contributed by atoms with Gasteiger partial charge in [0, 0.05) is 23.9 Å². The Morgan fingerprint density at radius 1 is 1.50 bits per heavy atom. The van der Waals surface area contributed by atoms with Crippen LogP contribution in [0.4, 0.5) is 0 Å². The zero-order valence-corrected chi connectivity index (χ0v) is 15.1. The van der Waals surface area contributed by atoms with E-state index < -0.39 is 0 Å². The summed E-state index contributed by atoms with van der Waals surface area (Å²) >= 11 is 11.7. The number of nitrogens with two attached hydrogens (primary N) is 1. The maximum absolute atomic E-state index is 6.43. The van der Waals surface area contributed by atoms with Gasteiger partial charge in [-0.3, -0.25) is 4.68 Å². The Morgan fingerprint density at radius 2 is 2.20 bits per heavy atom. The van der Waals surface area contributed by atoms with E-state index in [0.29, 0.717) is 6.42 Å². The molecule has 3 nitrogen and oxygen atoms in total. The minimum atomic E-state index is -0.0470. The van der Waals surface area contributed by atoms with Crippen molar-refractivity contribution in [2.24, 2.45) is 5.73 Å². The first kappa shape index (κ1) is 16.0. The van der Waals surface area contributed by atoms with Crippen LogP contribution in [0.15, 0.2) is 9.85 Å². The third-order valence-corrected chi connectivity index (χ3v) is 6.05. The number of aryl methyl sites for hydroxylation is 3. The summed E-state index contributed by atoms with van der Waals surface area (Å²) in [6.45, 7) is 7.03. The number of hydrogen-bond acceptors (Lipinski definition) is 3. The van der Waals surface area contributed by atoms with Crippen molar-refractivity contribution in [3.63, 3.8) is 0 Å². The molecule has 110 valence electrons. The molecule has 0 saturated carbocycles. The maximum atomic E-state index is 6.43. The number of nitrogens with zero attached hydrogens (tertiary/aromatic N) is 2. The van der Waals surface area contributed by atoms with Crippen LogP contribution in [0, 0.1) is 6.92 Å². The van der Waals surface area contributed by atoms with Crippen molar-refractivity contribution in [2.45, 2.75) is 46.2 Å². The van der Waals surface area contributed by atoms with Gasteiger partial charge in [-0.1, -0.05) is 18.5 Å². The molecule has 0 spiro atoms. The number of aromatic nitrogens is 2. The van der Waals surface area contributed by atoms with Gasteiger partial charge in [-0.25, -0.2) is 0 Å². The Balaban J connectivity index is 2.27. The van der Waals surface area contributed by atoms with Crippen molar-refractivity contribution >= 4 is 38.9 Å². The van der Waals surface area contributed by atoms with E-state index in [0.717, 1.165) is 33.2 Å². The summed E-state index contributed by atoms with van der Waals surface area (Å²) in [6.07, 6.45) is 1.56. The zero-order chi connectivity index (χ0) is 14.9. The van der Waals surface area contributed by atoms with E-state index in [9.17, 15) is 0 Å². The molecule has 2 N–H and O–H groups in total. The molecule has 6 heteroatoms. The first-order valence-corrected chi connectivity index (χ1v) is 8.72. The molecule has 2 aromatic rings. The third kappa shape index (κ3) is 3.11. The van der Waals surface area contributed by atoms with Crippen LogP contribution >= 0.6 is 38.9 Å². The van der Waals surface area contributed by atoms with Crippen LogP contribution < -0.4 is 5.73 Å². The summed E-state index contributed by atoms with van der Waals surface area (Å²) in [5.74, 6) is 0. The van der Waals surface area contributed by atoms with Crippen molar-refractivity contribution in [3.05, 3.63) is 36.7 Å². The summed E-state index contributed by atoms with van der Waals surface area (Å²) in [5.41, 5.74) is 9.57. The highest BCUT2D eigenvalue weighted by Crippen LogP contribution is 2.33. The fourth-order valence-electron chi connectivity index (χ4n) is 2.19. The summed E-state index contributed by atoms with van der Waals surface area (Å²) < 4.78 is 3.11. The molecule has 20 heavy (non-hydrogen) atoms. The molecule has 0 radical (unpaired) electrons. The Morgan fingerprint density at radius 3 is 2.70 bits per heavy atom. The number of hydrogen-bond donors (Lipinski definition) is 1. The van der Waals surface area contributed by atoms with Gasteiger partial charge in [-0.2, -0.15) is 5.10 Å². The highest BCUT2D eigenvalue weighted by atomic mass is 79.9. The van der Waals surface area contributed by atoms with Gasteiger partial charge in [0.15, 0.2) is 0 Å². The highest BCUT2D eigenvalue weighted by Gasteiger charge is 2.19. The van der Waals surface area contributed by atoms with Gasteiger partial charge in [-0.05, 0) is 47.8 Å². The van der Waals surface area contributed by atoms with Crippen LogP contribution in [0.5, 0.6) is 0 Å². The van der Waals surface area contributed by atoms with Gasteiger partial charge in [-0.15, -0.1) is 11.3 Å². The molecule has 2 aromatic heterocycles. The van der Waals surface area contributed by atoms with E-state index in [1.165, 1.54) is 10.4 Å². The van der Waals surface area contributed by atoms with Gasteiger partial charge in [0.1, 0.15) is 0 Å². The van der Waals surface area contributed by atoms with Crippen LogP contribution in [0.2, 0.25) is 5.02 Å². The van der Waals surface area contributed by atoms with E-state index >= 15 is 0 Å². The standard InChI is InChI=1S/C14H19BrClN3S/c1-4-10-13(16)11(19(5-2)18-10)7-9(17)12-6-8(3)14(15)20-12/h6,9H,4-5,7,17H2,1-3H3.